The molecule has 0 aliphatic heterocycles. The molecule has 0 saturated carbocycles. The van der Waals surface area contributed by atoms with E-state index in [0.29, 0.717) is 16.8 Å². The number of carbonyl (C=O) groups excluding carboxylic acids is 1. The molecule has 1 atom stereocenters. The van der Waals surface area contributed by atoms with Crippen molar-refractivity contribution in [3.05, 3.63) is 59.9 Å². The van der Waals surface area contributed by atoms with Crippen molar-refractivity contribution >= 4 is 21.7 Å². The summed E-state index contributed by atoms with van der Waals surface area (Å²) in [6.07, 6.45) is 4.46. The summed E-state index contributed by atoms with van der Waals surface area (Å²) in [7, 11) is -1.77. The molecule has 2 heterocycles. The van der Waals surface area contributed by atoms with Gasteiger partial charge >= 0.3 is 5.97 Å². The van der Waals surface area contributed by atoms with Gasteiger partial charge in [0.15, 0.2) is 5.82 Å². The number of hydrogen-bond donors (Lipinski definition) is 1. The van der Waals surface area contributed by atoms with E-state index < -0.39 is 27.9 Å². The van der Waals surface area contributed by atoms with E-state index in [0.717, 1.165) is 6.26 Å². The Morgan fingerprint density at radius 2 is 1.97 bits per heavy atom. The summed E-state index contributed by atoms with van der Waals surface area (Å²) in [5.74, 6) is -0.648. The van der Waals surface area contributed by atoms with Gasteiger partial charge < -0.3 is 4.74 Å². The van der Waals surface area contributed by atoms with Crippen LogP contribution in [0.25, 0.3) is 11.4 Å². The lowest BCUT2D eigenvalue weighted by Crippen LogP contribution is -2.14. The van der Waals surface area contributed by atoms with Crippen LogP contribution in [0.1, 0.15) is 24.3 Å². The van der Waals surface area contributed by atoms with Crippen LogP contribution >= 0.6 is 0 Å². The highest BCUT2D eigenvalue weighted by Crippen LogP contribution is 2.23. The predicted molar refractivity (Wildman–Crippen MR) is 107 cm³/mol. The van der Waals surface area contributed by atoms with Crippen LogP contribution in [0.2, 0.25) is 0 Å². The van der Waals surface area contributed by atoms with Gasteiger partial charge in [0, 0.05) is 7.05 Å². The molecule has 11 heteroatoms. The van der Waals surface area contributed by atoms with Gasteiger partial charge in [0.1, 0.15) is 11.9 Å². The number of benzene rings is 1. The summed E-state index contributed by atoms with van der Waals surface area (Å²) in [5.41, 5.74) is 1.80. The van der Waals surface area contributed by atoms with E-state index in [1.54, 1.807) is 26.1 Å². The van der Waals surface area contributed by atoms with Crippen molar-refractivity contribution in [1.82, 2.24) is 19.7 Å². The van der Waals surface area contributed by atoms with Gasteiger partial charge in [0.2, 0.25) is 10.0 Å². The zero-order chi connectivity index (χ0) is 21.9. The Labute approximate surface area is 173 Å². The zero-order valence-corrected chi connectivity index (χ0v) is 17.4. The molecular formula is C19H20FN5O4S. The molecule has 0 amide bonds. The molecule has 0 unspecified atom stereocenters. The molecule has 30 heavy (non-hydrogen) atoms. The van der Waals surface area contributed by atoms with Gasteiger partial charge in [-0.25, -0.2) is 22.8 Å². The second kappa shape index (κ2) is 8.57. The molecule has 3 rings (SSSR count). The first-order chi connectivity index (χ1) is 14.1. The minimum atomic E-state index is -3.44. The van der Waals surface area contributed by atoms with E-state index in [4.69, 9.17) is 4.74 Å². The largest absolute Gasteiger partial charge is 0.457 e. The molecule has 158 valence electrons. The fourth-order valence-corrected chi connectivity index (χ4v) is 3.33. The summed E-state index contributed by atoms with van der Waals surface area (Å²) in [5, 5.41) is 4.14. The van der Waals surface area contributed by atoms with E-state index in [9.17, 15) is 17.6 Å². The van der Waals surface area contributed by atoms with Crippen molar-refractivity contribution in [2.75, 3.05) is 11.0 Å². The summed E-state index contributed by atoms with van der Waals surface area (Å²) >= 11 is 0. The SMILES string of the molecule is C[C@@H](OC(=O)Cc1c(-c2ncc(NS(C)(=O)=O)cn2)cnn1C)c1cccc(F)c1. The first kappa shape index (κ1) is 21.4. The van der Waals surface area contributed by atoms with Gasteiger partial charge in [-0.15, -0.1) is 0 Å². The molecule has 0 fully saturated rings. The minimum absolute atomic E-state index is 0.0990. The molecule has 1 aromatic carbocycles. The quantitative estimate of drug-likeness (QED) is 0.568. The van der Waals surface area contributed by atoms with E-state index in [-0.39, 0.29) is 17.9 Å². The molecule has 2 aromatic heterocycles. The highest BCUT2D eigenvalue weighted by Gasteiger charge is 2.19. The topological polar surface area (TPSA) is 116 Å². The number of halogens is 1. The van der Waals surface area contributed by atoms with Crippen LogP contribution in [0.3, 0.4) is 0 Å². The molecule has 0 bridgehead atoms. The van der Waals surface area contributed by atoms with Crippen LogP contribution in [-0.4, -0.2) is 40.4 Å². The highest BCUT2D eigenvalue weighted by molar-refractivity contribution is 7.92. The highest BCUT2D eigenvalue weighted by atomic mass is 32.2. The van der Waals surface area contributed by atoms with E-state index in [1.807, 2.05) is 0 Å². The maximum absolute atomic E-state index is 13.4. The van der Waals surface area contributed by atoms with Crippen molar-refractivity contribution in [1.29, 1.82) is 0 Å². The molecule has 3 aromatic rings. The van der Waals surface area contributed by atoms with Crippen LogP contribution in [0, 0.1) is 5.82 Å². The molecule has 0 aliphatic carbocycles. The average molecular weight is 433 g/mol. The van der Waals surface area contributed by atoms with Crippen LogP contribution in [0.15, 0.2) is 42.9 Å². The van der Waals surface area contributed by atoms with Crippen LogP contribution in [0.5, 0.6) is 0 Å². The Kier molecular flexibility index (Phi) is 6.11. The Morgan fingerprint density at radius 3 is 2.60 bits per heavy atom. The molecule has 0 radical (unpaired) electrons. The summed E-state index contributed by atoms with van der Waals surface area (Å²) in [6.45, 7) is 1.66. The van der Waals surface area contributed by atoms with Crippen molar-refractivity contribution in [3.8, 4) is 11.4 Å². The first-order valence-electron chi connectivity index (χ1n) is 8.88. The number of nitrogens with one attached hydrogen (secondary N) is 1. The number of rotatable bonds is 7. The Bertz CT molecular complexity index is 1160. The summed E-state index contributed by atoms with van der Waals surface area (Å²) in [4.78, 5) is 20.7. The van der Waals surface area contributed by atoms with Crippen LogP contribution in [-0.2, 0) is 33.0 Å². The fraction of sp³-hybridized carbons (Fsp3) is 0.263. The average Bonchev–Trinajstić information content (AvgIpc) is 3.01. The maximum Gasteiger partial charge on any atom is 0.312 e. The number of aryl methyl sites for hydroxylation is 1. The number of nitrogens with zero attached hydrogens (tertiary/aromatic N) is 4. The summed E-state index contributed by atoms with van der Waals surface area (Å²) in [6, 6.07) is 5.86. The lowest BCUT2D eigenvalue weighted by atomic mass is 10.1. The van der Waals surface area contributed by atoms with Gasteiger partial charge in [-0.2, -0.15) is 5.10 Å². The van der Waals surface area contributed by atoms with Crippen molar-refractivity contribution in [2.24, 2.45) is 7.05 Å². The standard InChI is InChI=1S/C19H20FN5O4S/c1-12(13-5-4-6-14(20)7-13)29-18(26)8-17-16(11-23-25(17)2)19-21-9-15(10-22-19)24-30(3,27)28/h4-7,9-12,24H,8H2,1-3H3/t12-/m1/s1. The Morgan fingerprint density at radius 1 is 1.27 bits per heavy atom. The molecule has 0 spiro atoms. The second-order valence-electron chi connectivity index (χ2n) is 6.66. The molecular weight excluding hydrogens is 413 g/mol. The smallest absolute Gasteiger partial charge is 0.312 e. The van der Waals surface area contributed by atoms with Gasteiger partial charge in [-0.05, 0) is 24.6 Å². The first-order valence-corrected chi connectivity index (χ1v) is 10.8. The maximum atomic E-state index is 13.4. The molecule has 1 N–H and O–H groups in total. The van der Waals surface area contributed by atoms with Crippen molar-refractivity contribution in [2.45, 2.75) is 19.4 Å². The molecule has 0 aliphatic rings. The van der Waals surface area contributed by atoms with E-state index >= 15 is 0 Å². The zero-order valence-electron chi connectivity index (χ0n) is 16.5. The lowest BCUT2D eigenvalue weighted by Gasteiger charge is -2.14. The fourth-order valence-electron chi connectivity index (χ4n) is 2.80. The van der Waals surface area contributed by atoms with Gasteiger partial charge in [0.05, 0.1) is 48.2 Å². The number of ether oxygens (including phenoxy) is 1. The number of aromatic nitrogens is 4. The number of anilines is 1. The number of sulfonamides is 1. The van der Waals surface area contributed by atoms with Crippen LogP contribution in [0.4, 0.5) is 10.1 Å². The van der Waals surface area contributed by atoms with Gasteiger partial charge in [0.25, 0.3) is 0 Å². The molecule has 0 saturated heterocycles. The van der Waals surface area contributed by atoms with Crippen LogP contribution < -0.4 is 4.72 Å². The van der Waals surface area contributed by atoms with E-state index in [1.165, 1.54) is 35.4 Å². The minimum Gasteiger partial charge on any atom is -0.457 e. The third-order valence-electron chi connectivity index (χ3n) is 4.20. The monoisotopic (exact) mass is 433 g/mol. The number of esters is 1. The van der Waals surface area contributed by atoms with Crippen molar-refractivity contribution in [3.63, 3.8) is 0 Å². The third-order valence-corrected chi connectivity index (χ3v) is 4.80. The lowest BCUT2D eigenvalue weighted by molar-refractivity contribution is -0.147. The molecule has 9 nitrogen and oxygen atoms in total. The Balaban J connectivity index is 1.75. The Hall–Kier alpha value is -3.34. The third kappa shape index (κ3) is 5.38. The van der Waals surface area contributed by atoms with Gasteiger partial charge in [-0.1, -0.05) is 12.1 Å². The van der Waals surface area contributed by atoms with E-state index in [2.05, 4.69) is 19.8 Å². The number of hydrogen-bond acceptors (Lipinski definition) is 7. The van der Waals surface area contributed by atoms with Gasteiger partial charge in [-0.3, -0.25) is 14.2 Å². The summed E-state index contributed by atoms with van der Waals surface area (Å²) < 4.78 is 45.2. The second-order valence-corrected chi connectivity index (χ2v) is 8.41. The number of carbonyl (C=O) groups is 1. The predicted octanol–water partition coefficient (Wildman–Crippen LogP) is 2.23. The normalized spacial score (nSPS) is 12.4. The van der Waals surface area contributed by atoms with Crippen molar-refractivity contribution < 1.29 is 22.3 Å².